The molecule has 328 valence electrons. The van der Waals surface area contributed by atoms with Crippen LogP contribution in [-0.2, 0) is 17.8 Å². The molecular formula is C46H49Cl3F3N7O3. The predicted molar refractivity (Wildman–Crippen MR) is 241 cm³/mol. The van der Waals surface area contributed by atoms with Crippen LogP contribution in [0.4, 0.5) is 13.2 Å². The molecule has 6 rings (SSSR count). The Morgan fingerprint density at radius 1 is 0.629 bits per heavy atom. The summed E-state index contributed by atoms with van der Waals surface area (Å²) in [6, 6.07) is 26.9. The van der Waals surface area contributed by atoms with Crippen molar-refractivity contribution in [3.63, 3.8) is 0 Å². The Hall–Kier alpha value is -5.21. The van der Waals surface area contributed by atoms with Crippen LogP contribution in [0.2, 0.25) is 10.0 Å². The number of hydrogen-bond acceptors (Lipinski definition) is 10. The van der Waals surface area contributed by atoms with Gasteiger partial charge in [-0.1, -0.05) is 112 Å². The zero-order chi connectivity index (χ0) is 44.6. The lowest BCUT2D eigenvalue weighted by atomic mass is 9.84. The summed E-state index contributed by atoms with van der Waals surface area (Å²) in [5.41, 5.74) is 10.2. The standard InChI is InChI=1S/C26H27ClF3N3O2.C20H21ClN4O.ClH/c1-15(2)17-8-10-18(11-9-17)22-31-23(33-24(32-22)35-5)19-14-16(6-12-20(19)27)7-13-21(34)25(3,4)26(28,29)30;1-12(2)14-5-7-15(8-6-14)18-23-19(25-20(24-18)26-3)16-10-13(11-22)4-9-17(16)21;/h6,8-12,14-15H,7,13H2,1-5H3;4-10,12H,11,22H2,1-3H3;1H. The van der Waals surface area contributed by atoms with Gasteiger partial charge in [-0.25, -0.2) is 9.97 Å². The number of aryl methyl sites for hydroxylation is 1. The molecule has 0 radical (unpaired) electrons. The van der Waals surface area contributed by atoms with Crippen LogP contribution in [0.25, 0.3) is 45.6 Å². The average Bonchev–Trinajstić information content (AvgIpc) is 3.25. The lowest BCUT2D eigenvalue weighted by Gasteiger charge is -2.26. The fourth-order valence-electron chi connectivity index (χ4n) is 5.93. The van der Waals surface area contributed by atoms with Crippen molar-refractivity contribution in [1.82, 2.24) is 29.9 Å². The maximum atomic E-state index is 13.2. The van der Waals surface area contributed by atoms with E-state index in [0.717, 1.165) is 30.5 Å². The summed E-state index contributed by atoms with van der Waals surface area (Å²) in [4.78, 5) is 38.8. The maximum absolute atomic E-state index is 13.2. The van der Waals surface area contributed by atoms with Gasteiger partial charge in [-0.3, -0.25) is 4.79 Å². The van der Waals surface area contributed by atoms with Crippen molar-refractivity contribution < 1.29 is 27.4 Å². The Labute approximate surface area is 376 Å². The van der Waals surface area contributed by atoms with E-state index < -0.39 is 17.4 Å². The predicted octanol–water partition coefficient (Wildman–Crippen LogP) is 12.0. The van der Waals surface area contributed by atoms with Crippen molar-refractivity contribution in [3.05, 3.63) is 117 Å². The highest BCUT2D eigenvalue weighted by molar-refractivity contribution is 6.33. The number of nitrogens with zero attached hydrogens (tertiary/aromatic N) is 6. The van der Waals surface area contributed by atoms with Crippen LogP contribution in [0.3, 0.4) is 0 Å². The van der Waals surface area contributed by atoms with Crippen LogP contribution in [0.5, 0.6) is 12.0 Å². The Balaban J connectivity index is 0.000000279. The van der Waals surface area contributed by atoms with Crippen LogP contribution >= 0.6 is 35.6 Å². The zero-order valence-corrected chi connectivity index (χ0v) is 38.0. The summed E-state index contributed by atoms with van der Waals surface area (Å²) < 4.78 is 50.1. The summed E-state index contributed by atoms with van der Waals surface area (Å²) in [6.07, 6.45) is -4.75. The number of alkyl halides is 3. The number of nitrogens with two attached hydrogens (primary N) is 1. The Bertz CT molecular complexity index is 2470. The molecule has 0 bridgehead atoms. The third-order valence-corrected chi connectivity index (χ3v) is 10.8. The fraction of sp³-hybridized carbons (Fsp3) is 0.326. The topological polar surface area (TPSA) is 139 Å². The van der Waals surface area contributed by atoms with E-state index in [4.69, 9.17) is 38.4 Å². The Morgan fingerprint density at radius 3 is 1.39 bits per heavy atom. The molecule has 2 N–H and O–H groups in total. The molecule has 0 saturated heterocycles. The van der Waals surface area contributed by atoms with Gasteiger partial charge in [-0.2, -0.15) is 33.1 Å². The van der Waals surface area contributed by atoms with Crippen molar-refractivity contribution in [2.75, 3.05) is 14.2 Å². The van der Waals surface area contributed by atoms with Crippen LogP contribution in [0.15, 0.2) is 84.9 Å². The minimum Gasteiger partial charge on any atom is -0.467 e. The van der Waals surface area contributed by atoms with E-state index >= 15 is 0 Å². The summed E-state index contributed by atoms with van der Waals surface area (Å²) in [5.74, 6) is 1.61. The summed E-state index contributed by atoms with van der Waals surface area (Å²) in [5, 5.41) is 0.904. The fourth-order valence-corrected chi connectivity index (χ4v) is 6.33. The number of carbonyl (C=O) groups is 1. The maximum Gasteiger partial charge on any atom is 0.400 e. The molecule has 0 saturated carbocycles. The summed E-state index contributed by atoms with van der Waals surface area (Å²) in [7, 11) is 2.97. The second kappa shape index (κ2) is 21.2. The zero-order valence-electron chi connectivity index (χ0n) is 35.6. The van der Waals surface area contributed by atoms with E-state index in [-0.39, 0.29) is 43.1 Å². The van der Waals surface area contributed by atoms with E-state index in [2.05, 4.69) is 69.7 Å². The molecule has 0 aliphatic rings. The third-order valence-electron chi connectivity index (χ3n) is 10.1. The molecule has 0 amide bonds. The molecule has 2 heterocycles. The summed E-state index contributed by atoms with van der Waals surface area (Å²) >= 11 is 12.8. The number of aromatic nitrogens is 6. The normalized spacial score (nSPS) is 11.5. The van der Waals surface area contributed by atoms with E-state index in [1.54, 1.807) is 24.3 Å². The van der Waals surface area contributed by atoms with E-state index in [9.17, 15) is 18.0 Å². The van der Waals surface area contributed by atoms with Gasteiger partial charge in [0.2, 0.25) is 0 Å². The van der Waals surface area contributed by atoms with Crippen LogP contribution in [0, 0.1) is 5.41 Å². The Kier molecular flexibility index (Phi) is 16.9. The number of Topliss-reactive ketones (excluding diaryl/α,β-unsaturated/α-hetero) is 1. The van der Waals surface area contributed by atoms with E-state index in [1.165, 1.54) is 25.3 Å². The van der Waals surface area contributed by atoms with Crippen molar-refractivity contribution in [2.45, 2.75) is 78.9 Å². The van der Waals surface area contributed by atoms with E-state index in [1.807, 2.05) is 48.5 Å². The number of rotatable bonds is 13. The second-order valence-corrected chi connectivity index (χ2v) is 16.2. The largest absolute Gasteiger partial charge is 0.467 e. The van der Waals surface area contributed by atoms with Gasteiger partial charge >= 0.3 is 18.2 Å². The van der Waals surface area contributed by atoms with Crippen LogP contribution in [0.1, 0.15) is 82.1 Å². The monoisotopic (exact) mass is 909 g/mol. The molecule has 10 nitrogen and oxygen atoms in total. The number of ketones is 1. The van der Waals surface area contributed by atoms with Gasteiger partial charge in [0.25, 0.3) is 0 Å². The van der Waals surface area contributed by atoms with Gasteiger partial charge in [0.1, 0.15) is 11.2 Å². The SMILES string of the molecule is COc1nc(-c2ccc(C(C)C)cc2)nc(-c2cc(CCC(=O)C(C)(C)C(F)(F)F)ccc2Cl)n1.COc1nc(-c2ccc(C(C)C)cc2)nc(-c2cc(CN)ccc2Cl)n1.Cl. The van der Waals surface area contributed by atoms with Gasteiger partial charge in [-0.15, -0.1) is 12.4 Å². The highest BCUT2D eigenvalue weighted by Gasteiger charge is 2.51. The molecular weight excluding hydrogens is 862 g/mol. The molecule has 0 spiro atoms. The first-order valence-corrected chi connectivity index (χ1v) is 20.3. The smallest absolute Gasteiger partial charge is 0.400 e. The average molecular weight is 911 g/mol. The highest BCUT2D eigenvalue weighted by atomic mass is 35.5. The quantitative estimate of drug-likeness (QED) is 0.119. The molecule has 0 aliphatic heterocycles. The van der Waals surface area contributed by atoms with Gasteiger partial charge in [0.15, 0.2) is 23.3 Å². The van der Waals surface area contributed by atoms with Crippen LogP contribution < -0.4 is 15.2 Å². The lowest BCUT2D eigenvalue weighted by Crippen LogP contribution is -2.39. The van der Waals surface area contributed by atoms with Crippen molar-refractivity contribution in [2.24, 2.45) is 11.1 Å². The van der Waals surface area contributed by atoms with Crippen molar-refractivity contribution in [3.8, 4) is 57.6 Å². The molecule has 6 aromatic rings. The first-order valence-electron chi connectivity index (χ1n) is 19.5. The molecule has 0 aliphatic carbocycles. The molecule has 2 aromatic heterocycles. The first kappa shape index (κ1) is 49.4. The van der Waals surface area contributed by atoms with Gasteiger partial charge in [0, 0.05) is 35.2 Å². The first-order chi connectivity index (χ1) is 28.8. The number of benzene rings is 4. The molecule has 16 heteroatoms. The van der Waals surface area contributed by atoms with Gasteiger partial charge in [-0.05, 0) is 78.6 Å². The number of methoxy groups -OCH3 is 2. The number of ether oxygens (including phenoxy) is 2. The second-order valence-electron chi connectivity index (χ2n) is 15.4. The molecule has 0 unspecified atom stereocenters. The molecule has 4 aromatic carbocycles. The van der Waals surface area contributed by atoms with Crippen molar-refractivity contribution >= 4 is 41.4 Å². The van der Waals surface area contributed by atoms with Crippen molar-refractivity contribution in [1.29, 1.82) is 0 Å². The number of carbonyl (C=O) groups excluding carboxylic acids is 1. The molecule has 0 fully saturated rings. The van der Waals surface area contributed by atoms with E-state index in [0.29, 0.717) is 62.6 Å². The highest BCUT2D eigenvalue weighted by Crippen LogP contribution is 2.39. The minimum absolute atomic E-state index is 0. The summed E-state index contributed by atoms with van der Waals surface area (Å²) in [6.45, 7) is 10.7. The van der Waals surface area contributed by atoms with Gasteiger partial charge < -0.3 is 15.2 Å². The lowest BCUT2D eigenvalue weighted by molar-refractivity contribution is -0.210. The number of hydrogen-bond donors (Lipinski definition) is 1. The minimum atomic E-state index is -4.61. The van der Waals surface area contributed by atoms with Crippen LogP contribution in [-0.4, -0.2) is 56.1 Å². The molecule has 62 heavy (non-hydrogen) atoms. The Morgan fingerprint density at radius 2 is 1.02 bits per heavy atom. The number of halogens is 6. The van der Waals surface area contributed by atoms with Gasteiger partial charge in [0.05, 0.1) is 24.3 Å². The molecule has 0 atom stereocenters. The third kappa shape index (κ3) is 12.0.